The quantitative estimate of drug-likeness (QED) is 0.767. The summed E-state index contributed by atoms with van der Waals surface area (Å²) in [7, 11) is 0. The van der Waals surface area contributed by atoms with Crippen LogP contribution in [0, 0.1) is 0 Å². The molecular weight excluding hydrogens is 286 g/mol. The summed E-state index contributed by atoms with van der Waals surface area (Å²) < 4.78 is 5.47. The molecule has 22 heavy (non-hydrogen) atoms. The van der Waals surface area contributed by atoms with Crippen LogP contribution in [0.1, 0.15) is 26.2 Å². The number of rotatable bonds is 1. The Hall–Kier alpha value is -2.57. The fraction of sp³-hybridized carbons (Fsp3) is 0.400. The summed E-state index contributed by atoms with van der Waals surface area (Å²) >= 11 is 0. The van der Waals surface area contributed by atoms with Crippen LogP contribution in [-0.4, -0.2) is 29.5 Å². The minimum atomic E-state index is -0.721. The number of imide groups is 1. The van der Waals surface area contributed by atoms with Crippen LogP contribution in [0.25, 0.3) is 0 Å². The molecule has 1 saturated heterocycles. The second-order valence-corrected chi connectivity index (χ2v) is 5.94. The fourth-order valence-electron chi connectivity index (χ4n) is 3.06. The molecule has 4 amide bonds. The number of hydrogen-bond acceptors (Lipinski definition) is 4. The molecule has 2 fully saturated rings. The molecule has 7 heteroatoms. The van der Waals surface area contributed by atoms with Gasteiger partial charge in [-0.3, -0.25) is 9.59 Å². The van der Waals surface area contributed by atoms with Crippen LogP contribution in [0.5, 0.6) is 5.75 Å². The maximum Gasteiger partial charge on any atom is 0.329 e. The third-order valence-corrected chi connectivity index (χ3v) is 4.52. The second-order valence-electron chi connectivity index (χ2n) is 5.94. The number of nitrogens with zero attached hydrogens (tertiary/aromatic N) is 1. The van der Waals surface area contributed by atoms with E-state index in [4.69, 9.17) is 4.74 Å². The minimum absolute atomic E-state index is 0.222. The van der Waals surface area contributed by atoms with Gasteiger partial charge < -0.3 is 15.4 Å². The highest BCUT2D eigenvalue weighted by Crippen LogP contribution is 2.40. The SMILES string of the molecule is CC1Oc2ccc(N3C(=O)NC4(CCC4)C3=O)cc2NC1=O. The molecule has 3 aliphatic rings. The first-order valence-corrected chi connectivity index (χ1v) is 7.28. The van der Waals surface area contributed by atoms with Crippen LogP contribution in [0.2, 0.25) is 0 Å². The number of carbonyl (C=O) groups excluding carboxylic acids is 3. The topological polar surface area (TPSA) is 87.7 Å². The van der Waals surface area contributed by atoms with E-state index >= 15 is 0 Å². The lowest BCUT2D eigenvalue weighted by Gasteiger charge is -2.34. The van der Waals surface area contributed by atoms with Crippen molar-refractivity contribution in [3.8, 4) is 5.75 Å². The maximum atomic E-state index is 12.5. The van der Waals surface area contributed by atoms with E-state index in [0.29, 0.717) is 30.0 Å². The van der Waals surface area contributed by atoms with Crippen LogP contribution in [-0.2, 0) is 9.59 Å². The molecule has 7 nitrogen and oxygen atoms in total. The van der Waals surface area contributed by atoms with Gasteiger partial charge in [-0.1, -0.05) is 0 Å². The number of fused-ring (bicyclic) bond motifs is 1. The first kappa shape index (κ1) is 13.1. The van der Waals surface area contributed by atoms with Crippen LogP contribution in [0.4, 0.5) is 16.2 Å². The Bertz CT molecular complexity index is 711. The van der Waals surface area contributed by atoms with Crippen molar-refractivity contribution in [2.45, 2.75) is 37.8 Å². The zero-order valence-corrected chi connectivity index (χ0v) is 12.0. The summed E-state index contributed by atoms with van der Waals surface area (Å²) in [6.45, 7) is 1.66. The Morgan fingerprint density at radius 3 is 2.68 bits per heavy atom. The van der Waals surface area contributed by atoms with Crippen LogP contribution in [0.3, 0.4) is 0 Å². The Labute approximate surface area is 126 Å². The Balaban J connectivity index is 1.69. The van der Waals surface area contributed by atoms with Crippen molar-refractivity contribution >= 4 is 29.2 Å². The number of amides is 4. The van der Waals surface area contributed by atoms with Gasteiger partial charge in [-0.25, -0.2) is 9.69 Å². The van der Waals surface area contributed by atoms with Crippen LogP contribution in [0.15, 0.2) is 18.2 Å². The van der Waals surface area contributed by atoms with E-state index in [-0.39, 0.29) is 11.8 Å². The standard InChI is InChI=1S/C15H15N3O4/c1-8-12(19)16-10-7-9(3-4-11(10)22-8)18-13(20)15(5-2-6-15)17-14(18)21/h3-4,7-8H,2,5-6H2,1H3,(H,16,19)(H,17,21). The van der Waals surface area contributed by atoms with Gasteiger partial charge in [-0.05, 0) is 44.4 Å². The average Bonchev–Trinajstić information content (AvgIpc) is 2.71. The van der Waals surface area contributed by atoms with E-state index in [9.17, 15) is 14.4 Å². The lowest BCUT2D eigenvalue weighted by molar-refractivity contribution is -0.125. The molecule has 2 N–H and O–H groups in total. The lowest BCUT2D eigenvalue weighted by Crippen LogP contribution is -2.52. The van der Waals surface area contributed by atoms with Crippen molar-refractivity contribution in [3.63, 3.8) is 0 Å². The highest BCUT2D eigenvalue weighted by Gasteiger charge is 2.55. The van der Waals surface area contributed by atoms with Gasteiger partial charge in [-0.2, -0.15) is 0 Å². The van der Waals surface area contributed by atoms with E-state index in [2.05, 4.69) is 10.6 Å². The molecule has 2 heterocycles. The van der Waals surface area contributed by atoms with Crippen molar-refractivity contribution in [1.29, 1.82) is 0 Å². The average molecular weight is 301 g/mol. The van der Waals surface area contributed by atoms with E-state index < -0.39 is 17.7 Å². The predicted molar refractivity (Wildman–Crippen MR) is 77.8 cm³/mol. The van der Waals surface area contributed by atoms with Crippen molar-refractivity contribution in [3.05, 3.63) is 18.2 Å². The molecule has 2 aliphatic heterocycles. The predicted octanol–water partition coefficient (Wildman–Crippen LogP) is 1.38. The first-order valence-electron chi connectivity index (χ1n) is 7.28. The number of ether oxygens (including phenoxy) is 1. The number of carbonyl (C=O) groups is 3. The van der Waals surface area contributed by atoms with E-state index in [1.54, 1.807) is 25.1 Å². The highest BCUT2D eigenvalue weighted by atomic mass is 16.5. The molecule has 1 atom stereocenters. The molecule has 0 aromatic heterocycles. The highest BCUT2D eigenvalue weighted by molar-refractivity contribution is 6.24. The van der Waals surface area contributed by atoms with Gasteiger partial charge in [0, 0.05) is 0 Å². The normalized spacial score (nSPS) is 25.2. The molecule has 1 unspecified atom stereocenters. The Kier molecular flexibility index (Phi) is 2.52. The molecule has 0 radical (unpaired) electrons. The van der Waals surface area contributed by atoms with Gasteiger partial charge in [0.25, 0.3) is 11.8 Å². The molecule has 4 rings (SSSR count). The molecule has 1 aromatic rings. The first-order chi connectivity index (χ1) is 10.5. The van der Waals surface area contributed by atoms with Crippen molar-refractivity contribution in [2.24, 2.45) is 0 Å². The summed E-state index contributed by atoms with van der Waals surface area (Å²) in [6, 6.07) is 4.49. The van der Waals surface area contributed by atoms with Gasteiger partial charge in [0.05, 0.1) is 11.4 Å². The van der Waals surface area contributed by atoms with Gasteiger partial charge in [-0.15, -0.1) is 0 Å². The van der Waals surface area contributed by atoms with Crippen molar-refractivity contribution in [2.75, 3.05) is 10.2 Å². The molecule has 0 bridgehead atoms. The smallest absolute Gasteiger partial charge is 0.329 e. The van der Waals surface area contributed by atoms with Gasteiger partial charge in [0.2, 0.25) is 0 Å². The van der Waals surface area contributed by atoms with Gasteiger partial charge in [0.1, 0.15) is 11.3 Å². The summed E-state index contributed by atoms with van der Waals surface area (Å²) in [5.74, 6) is 0.0543. The van der Waals surface area contributed by atoms with Crippen LogP contribution >= 0.6 is 0 Å². The molecule has 1 spiro atoms. The van der Waals surface area contributed by atoms with E-state index in [0.717, 1.165) is 11.3 Å². The fourth-order valence-corrected chi connectivity index (χ4v) is 3.06. The zero-order chi connectivity index (χ0) is 15.5. The number of benzene rings is 1. The maximum absolute atomic E-state index is 12.5. The molecule has 1 aromatic carbocycles. The summed E-state index contributed by atoms with van der Waals surface area (Å²) in [6.07, 6.45) is 1.73. The van der Waals surface area contributed by atoms with Crippen LogP contribution < -0.4 is 20.3 Å². The largest absolute Gasteiger partial charge is 0.479 e. The summed E-state index contributed by atoms with van der Waals surface area (Å²) in [5, 5.41) is 5.50. The van der Waals surface area contributed by atoms with E-state index in [1.165, 1.54) is 0 Å². The molecule has 114 valence electrons. The monoisotopic (exact) mass is 301 g/mol. The second kappa shape index (κ2) is 4.22. The molecular formula is C15H15N3O4. The van der Waals surface area contributed by atoms with Crippen molar-refractivity contribution in [1.82, 2.24) is 5.32 Å². The molecule has 1 saturated carbocycles. The summed E-state index contributed by atoms with van der Waals surface area (Å²) in [5.41, 5.74) is 0.181. The van der Waals surface area contributed by atoms with E-state index in [1.807, 2.05) is 0 Å². The third kappa shape index (κ3) is 1.65. The summed E-state index contributed by atoms with van der Waals surface area (Å²) in [4.78, 5) is 37.5. The number of hydrogen-bond donors (Lipinski definition) is 2. The number of nitrogens with one attached hydrogen (secondary N) is 2. The number of anilines is 2. The third-order valence-electron chi connectivity index (χ3n) is 4.52. The molecule has 1 aliphatic carbocycles. The zero-order valence-electron chi connectivity index (χ0n) is 12.0. The number of urea groups is 1. The minimum Gasteiger partial charge on any atom is -0.479 e. The van der Waals surface area contributed by atoms with Crippen molar-refractivity contribution < 1.29 is 19.1 Å². The Morgan fingerprint density at radius 2 is 2.05 bits per heavy atom. The van der Waals surface area contributed by atoms with Gasteiger partial charge in [0.15, 0.2) is 6.10 Å². The van der Waals surface area contributed by atoms with Gasteiger partial charge >= 0.3 is 6.03 Å². The lowest BCUT2D eigenvalue weighted by atomic mass is 9.77. The Morgan fingerprint density at radius 1 is 1.27 bits per heavy atom.